The quantitative estimate of drug-likeness (QED) is 0.574. The zero-order chi connectivity index (χ0) is 19.0. The summed E-state index contributed by atoms with van der Waals surface area (Å²) in [6.07, 6.45) is 0.806. The van der Waals surface area contributed by atoms with E-state index in [-0.39, 0.29) is 23.4 Å². The molecule has 0 spiro atoms. The second-order valence-electron chi connectivity index (χ2n) is 7.27. The van der Waals surface area contributed by atoms with E-state index < -0.39 is 5.82 Å². The Kier molecular flexibility index (Phi) is 4.53. The average Bonchev–Trinajstić information content (AvgIpc) is 2.68. The van der Waals surface area contributed by atoms with Crippen LogP contribution in [-0.2, 0) is 0 Å². The predicted molar refractivity (Wildman–Crippen MR) is 107 cm³/mol. The summed E-state index contributed by atoms with van der Waals surface area (Å²) >= 11 is 0. The lowest BCUT2D eigenvalue weighted by Gasteiger charge is -2.40. The Morgan fingerprint density at radius 2 is 1.70 bits per heavy atom. The van der Waals surface area contributed by atoms with Crippen LogP contribution in [-0.4, -0.2) is 11.9 Å². The summed E-state index contributed by atoms with van der Waals surface area (Å²) in [7, 11) is 0. The Bertz CT molecular complexity index is 983. The molecule has 2 nitrogen and oxygen atoms in total. The number of rotatable bonds is 2. The molecule has 4 rings (SSSR count). The van der Waals surface area contributed by atoms with Crippen molar-refractivity contribution in [1.82, 2.24) is 0 Å². The molecule has 3 aromatic carbocycles. The van der Waals surface area contributed by atoms with Crippen LogP contribution in [0.5, 0.6) is 0 Å². The lowest BCUT2D eigenvalue weighted by atomic mass is 9.80. The molecule has 0 N–H and O–H groups in total. The number of carbonyl (C=O) groups excluding carboxylic acids is 1. The Labute approximate surface area is 159 Å². The average molecular weight is 359 g/mol. The van der Waals surface area contributed by atoms with Crippen LogP contribution in [0, 0.1) is 12.7 Å². The number of fused-ring (bicyclic) bond motifs is 1. The fourth-order valence-electron chi connectivity index (χ4n) is 4.06. The van der Waals surface area contributed by atoms with E-state index in [0.717, 1.165) is 23.2 Å². The molecule has 3 aromatic rings. The summed E-state index contributed by atoms with van der Waals surface area (Å²) in [6, 6.07) is 22.7. The molecule has 1 aliphatic heterocycles. The van der Waals surface area contributed by atoms with Crippen LogP contribution >= 0.6 is 0 Å². The topological polar surface area (TPSA) is 20.3 Å². The van der Waals surface area contributed by atoms with Gasteiger partial charge in [-0.15, -0.1) is 0 Å². The smallest absolute Gasteiger partial charge is 0.261 e. The van der Waals surface area contributed by atoms with Gasteiger partial charge in [0.1, 0.15) is 5.82 Å². The monoisotopic (exact) mass is 359 g/mol. The number of nitrogens with zero attached hydrogens (tertiary/aromatic N) is 1. The maximum atomic E-state index is 14.3. The first-order chi connectivity index (χ1) is 13.1. The Balaban J connectivity index is 1.83. The lowest BCUT2D eigenvalue weighted by Crippen LogP contribution is -2.43. The summed E-state index contributed by atoms with van der Waals surface area (Å²) in [5, 5.41) is 0. The SMILES string of the molecule is Cc1ccc2c(c1)C(c1ccccc1)CC(C)N2C(=O)c1ccccc1F. The van der Waals surface area contributed by atoms with E-state index in [9.17, 15) is 9.18 Å². The minimum absolute atomic E-state index is 0.0301. The molecule has 3 heteroatoms. The number of hydrogen-bond acceptors (Lipinski definition) is 1. The molecular formula is C24H22FNO. The van der Waals surface area contributed by atoms with Gasteiger partial charge < -0.3 is 4.90 Å². The number of aryl methyl sites for hydroxylation is 1. The maximum absolute atomic E-state index is 14.3. The van der Waals surface area contributed by atoms with E-state index in [1.54, 1.807) is 23.1 Å². The molecule has 2 unspecified atom stereocenters. The summed E-state index contributed by atoms with van der Waals surface area (Å²) in [5.41, 5.74) is 4.52. The number of anilines is 1. The molecule has 27 heavy (non-hydrogen) atoms. The van der Waals surface area contributed by atoms with Crippen LogP contribution in [0.1, 0.15) is 46.3 Å². The van der Waals surface area contributed by atoms with Crippen molar-refractivity contribution in [2.75, 3.05) is 4.90 Å². The van der Waals surface area contributed by atoms with Gasteiger partial charge in [0.2, 0.25) is 0 Å². The van der Waals surface area contributed by atoms with Gasteiger partial charge in [-0.3, -0.25) is 4.79 Å². The molecule has 1 aliphatic rings. The predicted octanol–water partition coefficient (Wildman–Crippen LogP) is 5.71. The molecule has 0 fully saturated rings. The minimum Gasteiger partial charge on any atom is -0.305 e. The van der Waals surface area contributed by atoms with Gasteiger partial charge in [0.05, 0.1) is 5.56 Å². The van der Waals surface area contributed by atoms with Gasteiger partial charge in [-0.05, 0) is 49.6 Å². The van der Waals surface area contributed by atoms with E-state index in [4.69, 9.17) is 0 Å². The maximum Gasteiger partial charge on any atom is 0.261 e. The fraction of sp³-hybridized carbons (Fsp3) is 0.208. The standard InChI is InChI=1S/C24H22FNO/c1-16-12-13-23-21(14-16)20(18-8-4-3-5-9-18)15-17(2)26(23)24(27)19-10-6-7-11-22(19)25/h3-14,17,20H,15H2,1-2H3. The van der Waals surface area contributed by atoms with Crippen LogP contribution in [0.15, 0.2) is 72.8 Å². The summed E-state index contributed by atoms with van der Waals surface area (Å²) in [4.78, 5) is 15.0. The van der Waals surface area contributed by atoms with E-state index in [0.29, 0.717) is 0 Å². The summed E-state index contributed by atoms with van der Waals surface area (Å²) in [5.74, 6) is -0.536. The molecule has 0 saturated carbocycles. The third-order valence-corrected chi connectivity index (χ3v) is 5.36. The summed E-state index contributed by atoms with van der Waals surface area (Å²) < 4.78 is 14.3. The van der Waals surface area contributed by atoms with Crippen molar-refractivity contribution in [2.45, 2.75) is 32.2 Å². The van der Waals surface area contributed by atoms with Crippen molar-refractivity contribution in [1.29, 1.82) is 0 Å². The highest BCUT2D eigenvalue weighted by Crippen LogP contribution is 2.43. The van der Waals surface area contributed by atoms with E-state index >= 15 is 0 Å². The first-order valence-corrected chi connectivity index (χ1v) is 9.30. The number of hydrogen-bond donors (Lipinski definition) is 0. The van der Waals surface area contributed by atoms with Crippen LogP contribution in [0.25, 0.3) is 0 Å². The normalized spacial score (nSPS) is 18.9. The van der Waals surface area contributed by atoms with Crippen molar-refractivity contribution in [3.05, 3.63) is 101 Å². The lowest BCUT2D eigenvalue weighted by molar-refractivity contribution is 0.0970. The van der Waals surface area contributed by atoms with Crippen molar-refractivity contribution >= 4 is 11.6 Å². The van der Waals surface area contributed by atoms with Gasteiger partial charge in [-0.25, -0.2) is 4.39 Å². The number of amides is 1. The third-order valence-electron chi connectivity index (χ3n) is 5.36. The fourth-order valence-corrected chi connectivity index (χ4v) is 4.06. The highest BCUT2D eigenvalue weighted by molar-refractivity contribution is 6.07. The van der Waals surface area contributed by atoms with Crippen molar-refractivity contribution < 1.29 is 9.18 Å². The van der Waals surface area contributed by atoms with E-state index in [1.807, 2.05) is 37.3 Å². The number of carbonyl (C=O) groups is 1. The molecule has 2 atom stereocenters. The molecule has 1 amide bonds. The van der Waals surface area contributed by atoms with Crippen molar-refractivity contribution in [3.63, 3.8) is 0 Å². The van der Waals surface area contributed by atoms with Crippen LogP contribution < -0.4 is 4.90 Å². The van der Waals surface area contributed by atoms with Gasteiger partial charge in [0.15, 0.2) is 0 Å². The molecule has 0 saturated heterocycles. The highest BCUT2D eigenvalue weighted by atomic mass is 19.1. The second-order valence-corrected chi connectivity index (χ2v) is 7.27. The van der Waals surface area contributed by atoms with Crippen molar-refractivity contribution in [3.8, 4) is 0 Å². The highest BCUT2D eigenvalue weighted by Gasteiger charge is 2.35. The second kappa shape index (κ2) is 6.99. The number of halogens is 1. The van der Waals surface area contributed by atoms with Gasteiger partial charge in [-0.2, -0.15) is 0 Å². The van der Waals surface area contributed by atoms with E-state index in [2.05, 4.69) is 25.1 Å². The van der Waals surface area contributed by atoms with Gasteiger partial charge in [0, 0.05) is 17.6 Å². The number of benzene rings is 3. The largest absolute Gasteiger partial charge is 0.305 e. The summed E-state index contributed by atoms with van der Waals surface area (Å²) in [6.45, 7) is 4.10. The van der Waals surface area contributed by atoms with E-state index in [1.165, 1.54) is 11.6 Å². The van der Waals surface area contributed by atoms with Gasteiger partial charge in [-0.1, -0.05) is 60.2 Å². The minimum atomic E-state index is -0.478. The molecule has 0 aromatic heterocycles. The van der Waals surface area contributed by atoms with Crippen LogP contribution in [0.3, 0.4) is 0 Å². The van der Waals surface area contributed by atoms with Crippen LogP contribution in [0.2, 0.25) is 0 Å². The molecule has 0 bridgehead atoms. The first-order valence-electron chi connectivity index (χ1n) is 9.30. The first kappa shape index (κ1) is 17.5. The Hall–Kier alpha value is -2.94. The van der Waals surface area contributed by atoms with Crippen molar-refractivity contribution in [2.24, 2.45) is 0 Å². The molecule has 0 radical (unpaired) electrons. The zero-order valence-corrected chi connectivity index (χ0v) is 15.5. The Morgan fingerprint density at radius 3 is 2.44 bits per heavy atom. The third kappa shape index (κ3) is 3.14. The van der Waals surface area contributed by atoms with Gasteiger partial charge in [0.25, 0.3) is 5.91 Å². The molecule has 0 aliphatic carbocycles. The zero-order valence-electron chi connectivity index (χ0n) is 15.5. The molecular weight excluding hydrogens is 337 g/mol. The Morgan fingerprint density at radius 1 is 1.00 bits per heavy atom. The van der Waals surface area contributed by atoms with Crippen LogP contribution in [0.4, 0.5) is 10.1 Å². The molecule has 1 heterocycles. The molecule has 136 valence electrons. The van der Waals surface area contributed by atoms with Gasteiger partial charge >= 0.3 is 0 Å².